The molecule has 1 aromatic heterocycles. The molecule has 1 aromatic rings. The molecule has 2 heterocycles. The molecule has 2 rings (SSSR count). The molecule has 1 aliphatic rings. The molecule has 0 aromatic carbocycles. The van der Waals surface area contributed by atoms with Gasteiger partial charge in [-0.15, -0.1) is 0 Å². The fourth-order valence-corrected chi connectivity index (χ4v) is 2.12. The van der Waals surface area contributed by atoms with Gasteiger partial charge in [0.15, 0.2) is 0 Å². The number of halogens is 1. The number of nitrogens with zero attached hydrogens (tertiary/aromatic N) is 1. The van der Waals surface area contributed by atoms with Gasteiger partial charge in [0.2, 0.25) is 0 Å². The lowest BCUT2D eigenvalue weighted by atomic mass is 9.84. The fourth-order valence-electron chi connectivity index (χ4n) is 1.88. The quantitative estimate of drug-likeness (QED) is 0.797. The van der Waals surface area contributed by atoms with E-state index in [1.807, 2.05) is 27.7 Å². The zero-order valence-electron chi connectivity index (χ0n) is 12.0. The standard InChI is InChI=1S/C13H19BClNO3/c1-12(2)13(3,4)19-14(18-12)11-7-9(15)6-10(16-11)8-17-5/h6-7H,8H2,1-5H3. The highest BCUT2D eigenvalue weighted by Crippen LogP contribution is 2.36. The zero-order valence-corrected chi connectivity index (χ0v) is 12.7. The van der Waals surface area contributed by atoms with Gasteiger partial charge in [0.1, 0.15) is 0 Å². The van der Waals surface area contributed by atoms with E-state index >= 15 is 0 Å². The summed E-state index contributed by atoms with van der Waals surface area (Å²) >= 11 is 6.10. The van der Waals surface area contributed by atoms with Gasteiger partial charge in [0, 0.05) is 12.1 Å². The highest BCUT2D eigenvalue weighted by Gasteiger charge is 2.52. The Kier molecular flexibility index (Phi) is 3.93. The van der Waals surface area contributed by atoms with Gasteiger partial charge in [-0.05, 0) is 39.8 Å². The van der Waals surface area contributed by atoms with Crippen LogP contribution in [0.15, 0.2) is 12.1 Å². The summed E-state index contributed by atoms with van der Waals surface area (Å²) in [4.78, 5) is 4.48. The van der Waals surface area contributed by atoms with E-state index in [0.717, 1.165) is 5.69 Å². The Hall–Kier alpha value is -0.615. The molecule has 0 radical (unpaired) electrons. The third-order valence-corrected chi connectivity index (χ3v) is 3.87. The number of rotatable bonds is 3. The Labute approximate surface area is 119 Å². The molecule has 0 saturated carbocycles. The van der Waals surface area contributed by atoms with E-state index in [4.69, 9.17) is 25.6 Å². The Bertz CT molecular complexity index is 463. The monoisotopic (exact) mass is 283 g/mol. The van der Waals surface area contributed by atoms with Gasteiger partial charge in [-0.3, -0.25) is 4.98 Å². The summed E-state index contributed by atoms with van der Waals surface area (Å²) in [6.45, 7) is 8.44. The van der Waals surface area contributed by atoms with Crippen molar-refractivity contribution in [2.24, 2.45) is 0 Å². The van der Waals surface area contributed by atoms with Gasteiger partial charge in [-0.25, -0.2) is 0 Å². The minimum Gasteiger partial charge on any atom is -0.398 e. The van der Waals surface area contributed by atoms with Crippen molar-refractivity contribution in [2.45, 2.75) is 45.5 Å². The first-order valence-electron chi connectivity index (χ1n) is 6.26. The molecule has 1 fully saturated rings. The average Bonchev–Trinajstić information content (AvgIpc) is 2.48. The maximum absolute atomic E-state index is 6.10. The largest absolute Gasteiger partial charge is 0.514 e. The van der Waals surface area contributed by atoms with Crippen LogP contribution in [0, 0.1) is 0 Å². The third kappa shape index (κ3) is 2.94. The Morgan fingerprint density at radius 1 is 1.21 bits per heavy atom. The van der Waals surface area contributed by atoms with Crippen LogP contribution in [0.25, 0.3) is 0 Å². The van der Waals surface area contributed by atoms with E-state index in [0.29, 0.717) is 17.2 Å². The second-order valence-corrected chi connectivity index (χ2v) is 6.16. The first-order valence-corrected chi connectivity index (χ1v) is 6.64. The maximum Gasteiger partial charge on any atom is 0.514 e. The topological polar surface area (TPSA) is 40.6 Å². The molecule has 1 aliphatic heterocycles. The van der Waals surface area contributed by atoms with Crippen molar-refractivity contribution in [1.82, 2.24) is 4.98 Å². The van der Waals surface area contributed by atoms with Crippen molar-refractivity contribution in [3.8, 4) is 0 Å². The predicted octanol–water partition coefficient (Wildman–Crippen LogP) is 2.18. The summed E-state index contributed by atoms with van der Waals surface area (Å²) in [6, 6.07) is 3.54. The van der Waals surface area contributed by atoms with Crippen molar-refractivity contribution in [1.29, 1.82) is 0 Å². The van der Waals surface area contributed by atoms with Crippen LogP contribution in [0.5, 0.6) is 0 Å². The van der Waals surface area contributed by atoms with Crippen molar-refractivity contribution in [2.75, 3.05) is 7.11 Å². The number of aromatic nitrogens is 1. The molecule has 4 nitrogen and oxygen atoms in total. The molecule has 0 N–H and O–H groups in total. The van der Waals surface area contributed by atoms with E-state index in [1.54, 1.807) is 19.2 Å². The van der Waals surface area contributed by atoms with Crippen LogP contribution in [0.1, 0.15) is 33.4 Å². The molecule has 6 heteroatoms. The fraction of sp³-hybridized carbons (Fsp3) is 0.615. The van der Waals surface area contributed by atoms with Gasteiger partial charge in [0.25, 0.3) is 0 Å². The molecular formula is C13H19BClNO3. The molecule has 0 spiro atoms. The minimum absolute atomic E-state index is 0.386. The van der Waals surface area contributed by atoms with Crippen LogP contribution in [0.2, 0.25) is 5.02 Å². The summed E-state index contributed by atoms with van der Waals surface area (Å²) < 4.78 is 17.0. The number of pyridine rings is 1. The number of hydrogen-bond donors (Lipinski definition) is 0. The van der Waals surface area contributed by atoms with Crippen LogP contribution in [-0.2, 0) is 20.7 Å². The molecule has 0 atom stereocenters. The van der Waals surface area contributed by atoms with Crippen LogP contribution in [0.4, 0.5) is 0 Å². The van der Waals surface area contributed by atoms with Crippen molar-refractivity contribution in [3.63, 3.8) is 0 Å². The SMILES string of the molecule is COCc1cc(Cl)cc(B2OC(C)(C)C(C)(C)O2)n1. The summed E-state index contributed by atoms with van der Waals surface area (Å²) in [5.74, 6) is 0. The summed E-state index contributed by atoms with van der Waals surface area (Å²) in [5, 5.41) is 0.603. The Balaban J connectivity index is 2.29. The highest BCUT2D eigenvalue weighted by molar-refractivity contribution is 6.61. The molecule has 0 unspecified atom stereocenters. The molecular weight excluding hydrogens is 264 g/mol. The lowest BCUT2D eigenvalue weighted by Gasteiger charge is -2.32. The zero-order chi connectivity index (χ0) is 14.3. The van der Waals surface area contributed by atoms with Gasteiger partial charge in [-0.1, -0.05) is 11.6 Å². The van der Waals surface area contributed by atoms with E-state index in [9.17, 15) is 0 Å². The molecule has 0 aliphatic carbocycles. The second kappa shape index (κ2) is 5.06. The van der Waals surface area contributed by atoms with Crippen molar-refractivity contribution >= 4 is 24.3 Å². The van der Waals surface area contributed by atoms with Gasteiger partial charge in [-0.2, -0.15) is 0 Å². The van der Waals surface area contributed by atoms with Gasteiger partial charge >= 0.3 is 7.12 Å². The van der Waals surface area contributed by atoms with Crippen LogP contribution in [-0.4, -0.2) is 30.4 Å². The molecule has 0 amide bonds. The van der Waals surface area contributed by atoms with Crippen molar-refractivity contribution in [3.05, 3.63) is 22.8 Å². The van der Waals surface area contributed by atoms with Crippen LogP contribution >= 0.6 is 11.6 Å². The van der Waals surface area contributed by atoms with Gasteiger partial charge in [0.05, 0.1) is 29.1 Å². The van der Waals surface area contributed by atoms with Crippen LogP contribution < -0.4 is 5.59 Å². The number of methoxy groups -OCH3 is 1. The van der Waals surface area contributed by atoms with E-state index in [2.05, 4.69) is 4.98 Å². The summed E-state index contributed by atoms with van der Waals surface area (Å²) in [5.41, 5.74) is 0.671. The maximum atomic E-state index is 6.10. The molecule has 104 valence electrons. The van der Waals surface area contributed by atoms with E-state index < -0.39 is 7.12 Å². The lowest BCUT2D eigenvalue weighted by Crippen LogP contribution is -2.41. The second-order valence-electron chi connectivity index (χ2n) is 5.72. The molecule has 0 bridgehead atoms. The number of hydrogen-bond acceptors (Lipinski definition) is 4. The summed E-state index contributed by atoms with van der Waals surface area (Å²) in [7, 11) is 1.12. The van der Waals surface area contributed by atoms with E-state index in [-0.39, 0.29) is 11.2 Å². The van der Waals surface area contributed by atoms with Gasteiger partial charge < -0.3 is 14.0 Å². The first-order chi connectivity index (χ1) is 8.75. The lowest BCUT2D eigenvalue weighted by molar-refractivity contribution is 0.00578. The number of ether oxygens (including phenoxy) is 1. The molecule has 1 saturated heterocycles. The Morgan fingerprint density at radius 2 is 1.79 bits per heavy atom. The molecule has 19 heavy (non-hydrogen) atoms. The summed E-state index contributed by atoms with van der Waals surface area (Å²) in [6.07, 6.45) is 0. The van der Waals surface area contributed by atoms with E-state index in [1.165, 1.54) is 0 Å². The highest BCUT2D eigenvalue weighted by atomic mass is 35.5. The average molecular weight is 284 g/mol. The minimum atomic E-state index is -0.501. The smallest absolute Gasteiger partial charge is 0.398 e. The third-order valence-electron chi connectivity index (χ3n) is 3.65. The predicted molar refractivity (Wildman–Crippen MR) is 75.7 cm³/mol. The van der Waals surface area contributed by atoms with Crippen LogP contribution in [0.3, 0.4) is 0 Å². The Morgan fingerprint density at radius 3 is 2.32 bits per heavy atom. The first kappa shape index (κ1) is 14.8. The normalized spacial score (nSPS) is 20.8. The van der Waals surface area contributed by atoms with Crippen molar-refractivity contribution < 1.29 is 14.0 Å².